The van der Waals surface area contributed by atoms with E-state index in [1.54, 1.807) is 0 Å². The van der Waals surface area contributed by atoms with Gasteiger partial charge < -0.3 is 14.5 Å². The zero-order valence-electron chi connectivity index (χ0n) is 12.4. The second-order valence-corrected chi connectivity index (χ2v) is 5.00. The summed E-state index contributed by atoms with van der Waals surface area (Å²) in [5.74, 6) is 1.19. The Balaban J connectivity index is 0.00000176. The van der Waals surface area contributed by atoms with Crippen molar-refractivity contribution >= 4 is 12.4 Å². The van der Waals surface area contributed by atoms with Gasteiger partial charge >= 0.3 is 0 Å². The molecule has 1 aliphatic rings. The van der Waals surface area contributed by atoms with Crippen LogP contribution in [0.25, 0.3) is 11.5 Å². The average molecular weight is 325 g/mol. The largest absolute Gasteiger partial charge is 0.419 e. The summed E-state index contributed by atoms with van der Waals surface area (Å²) in [6.45, 7) is 6.23. The van der Waals surface area contributed by atoms with Crippen molar-refractivity contribution in [1.29, 1.82) is 0 Å². The molecule has 0 saturated carbocycles. The quantitative estimate of drug-likeness (QED) is 0.814. The molecule has 0 bridgehead atoms. The number of aromatic nitrogens is 2. The third-order valence-electron chi connectivity index (χ3n) is 3.47. The molecular weight excluding hydrogens is 304 g/mol. The maximum absolute atomic E-state index is 5.64. The molecule has 1 aromatic heterocycles. The minimum absolute atomic E-state index is 0. The summed E-state index contributed by atoms with van der Waals surface area (Å²) in [7, 11) is 0. The molecule has 1 saturated heterocycles. The van der Waals surface area contributed by atoms with Gasteiger partial charge in [0.05, 0.1) is 19.8 Å². The van der Waals surface area contributed by atoms with Crippen molar-refractivity contribution in [2.45, 2.75) is 6.54 Å². The highest BCUT2D eigenvalue weighted by Crippen LogP contribution is 2.16. The molecule has 0 atom stereocenters. The molecule has 6 nitrogen and oxygen atoms in total. The first kappa shape index (κ1) is 16.9. The van der Waals surface area contributed by atoms with Gasteiger partial charge in [0, 0.05) is 31.7 Å². The zero-order valence-corrected chi connectivity index (χ0v) is 13.2. The van der Waals surface area contributed by atoms with Crippen LogP contribution in [0.4, 0.5) is 0 Å². The highest BCUT2D eigenvalue weighted by atomic mass is 35.5. The molecule has 3 rings (SSSR count). The maximum atomic E-state index is 5.64. The first-order valence-electron chi connectivity index (χ1n) is 7.30. The van der Waals surface area contributed by atoms with Crippen LogP contribution in [0.5, 0.6) is 0 Å². The third kappa shape index (κ3) is 4.78. The average Bonchev–Trinajstić information content (AvgIpc) is 3.02. The molecule has 1 N–H and O–H groups in total. The minimum atomic E-state index is 0. The van der Waals surface area contributed by atoms with E-state index in [-0.39, 0.29) is 12.4 Å². The summed E-state index contributed by atoms with van der Waals surface area (Å²) < 4.78 is 11.0. The number of nitrogens with one attached hydrogen (secondary N) is 1. The first-order chi connectivity index (χ1) is 10.4. The fourth-order valence-electron chi connectivity index (χ4n) is 2.28. The van der Waals surface area contributed by atoms with Crippen LogP contribution in [0, 0.1) is 0 Å². The summed E-state index contributed by atoms with van der Waals surface area (Å²) in [5.41, 5.74) is 0.949. The van der Waals surface area contributed by atoms with Crippen LogP contribution >= 0.6 is 12.4 Å². The van der Waals surface area contributed by atoms with Crippen LogP contribution in [0.2, 0.25) is 0 Å². The molecule has 0 unspecified atom stereocenters. The van der Waals surface area contributed by atoms with E-state index in [9.17, 15) is 0 Å². The second kappa shape index (κ2) is 8.85. The van der Waals surface area contributed by atoms with E-state index >= 15 is 0 Å². The van der Waals surface area contributed by atoms with Gasteiger partial charge in [-0.25, -0.2) is 0 Å². The summed E-state index contributed by atoms with van der Waals surface area (Å²) in [6.07, 6.45) is 0. The highest BCUT2D eigenvalue weighted by molar-refractivity contribution is 5.85. The fraction of sp³-hybridized carbons (Fsp3) is 0.467. The summed E-state index contributed by atoms with van der Waals surface area (Å²) >= 11 is 0. The predicted molar refractivity (Wildman–Crippen MR) is 85.9 cm³/mol. The van der Waals surface area contributed by atoms with Crippen LogP contribution in [0.1, 0.15) is 5.89 Å². The van der Waals surface area contributed by atoms with Crippen molar-refractivity contribution in [3.63, 3.8) is 0 Å². The molecule has 1 aromatic carbocycles. The van der Waals surface area contributed by atoms with E-state index < -0.39 is 0 Å². The number of ether oxygens (including phenoxy) is 1. The van der Waals surface area contributed by atoms with Crippen LogP contribution < -0.4 is 5.32 Å². The molecule has 120 valence electrons. The van der Waals surface area contributed by atoms with Gasteiger partial charge in [-0.15, -0.1) is 22.6 Å². The van der Waals surface area contributed by atoms with E-state index in [4.69, 9.17) is 9.15 Å². The van der Waals surface area contributed by atoms with Gasteiger partial charge in [0.15, 0.2) is 0 Å². The lowest BCUT2D eigenvalue weighted by molar-refractivity contribution is 0.0383. The second-order valence-electron chi connectivity index (χ2n) is 5.00. The van der Waals surface area contributed by atoms with Gasteiger partial charge in [0.1, 0.15) is 0 Å². The topological polar surface area (TPSA) is 63.4 Å². The summed E-state index contributed by atoms with van der Waals surface area (Å²) in [4.78, 5) is 2.39. The number of hydrogen-bond acceptors (Lipinski definition) is 6. The minimum Gasteiger partial charge on any atom is -0.419 e. The van der Waals surface area contributed by atoms with Gasteiger partial charge in [0.25, 0.3) is 0 Å². The monoisotopic (exact) mass is 324 g/mol. The van der Waals surface area contributed by atoms with Crippen molar-refractivity contribution < 1.29 is 9.15 Å². The normalized spacial score (nSPS) is 15.5. The van der Waals surface area contributed by atoms with Crippen LogP contribution in [0.3, 0.4) is 0 Å². The molecule has 0 amide bonds. The lowest BCUT2D eigenvalue weighted by Gasteiger charge is -2.26. The number of halogens is 1. The van der Waals surface area contributed by atoms with Gasteiger partial charge in [-0.05, 0) is 12.1 Å². The molecule has 0 radical (unpaired) electrons. The van der Waals surface area contributed by atoms with Crippen LogP contribution in [-0.2, 0) is 11.3 Å². The standard InChI is InChI=1S/C15H20N4O2.ClH/c1-2-4-13(5-3-1)15-18-17-14(21-15)12-16-6-7-19-8-10-20-11-9-19;/h1-5,16H,6-12H2;1H. The smallest absolute Gasteiger partial charge is 0.247 e. The van der Waals surface area contributed by atoms with Crippen LogP contribution in [0.15, 0.2) is 34.7 Å². The number of benzene rings is 1. The van der Waals surface area contributed by atoms with Gasteiger partial charge in [-0.1, -0.05) is 18.2 Å². The van der Waals surface area contributed by atoms with E-state index in [0.29, 0.717) is 18.3 Å². The van der Waals surface area contributed by atoms with E-state index in [1.165, 1.54) is 0 Å². The number of rotatable bonds is 6. The summed E-state index contributed by atoms with van der Waals surface area (Å²) in [5, 5.41) is 11.5. The summed E-state index contributed by atoms with van der Waals surface area (Å²) in [6, 6.07) is 9.81. The SMILES string of the molecule is Cl.c1ccc(-c2nnc(CNCCN3CCOCC3)o2)cc1. The Labute approximate surface area is 136 Å². The van der Waals surface area contributed by atoms with Crippen molar-refractivity contribution in [3.8, 4) is 11.5 Å². The number of hydrogen-bond donors (Lipinski definition) is 1. The lowest BCUT2D eigenvalue weighted by Crippen LogP contribution is -2.40. The Morgan fingerprint density at radius 2 is 1.86 bits per heavy atom. The van der Waals surface area contributed by atoms with Crippen molar-refractivity contribution in [1.82, 2.24) is 20.4 Å². The Hall–Kier alpha value is -1.47. The van der Waals surface area contributed by atoms with E-state index in [1.807, 2.05) is 30.3 Å². The molecule has 22 heavy (non-hydrogen) atoms. The molecule has 2 aromatic rings. The van der Waals surface area contributed by atoms with Gasteiger partial charge in [0.2, 0.25) is 11.8 Å². The zero-order chi connectivity index (χ0) is 14.3. The Bertz CT molecular complexity index is 543. The number of nitrogens with zero attached hydrogens (tertiary/aromatic N) is 3. The van der Waals surface area contributed by atoms with Gasteiger partial charge in [-0.3, -0.25) is 4.90 Å². The Morgan fingerprint density at radius 1 is 1.09 bits per heavy atom. The predicted octanol–water partition coefficient (Wildman–Crippen LogP) is 1.58. The first-order valence-corrected chi connectivity index (χ1v) is 7.30. The third-order valence-corrected chi connectivity index (χ3v) is 3.47. The molecule has 1 aliphatic heterocycles. The van der Waals surface area contributed by atoms with Crippen molar-refractivity contribution in [2.24, 2.45) is 0 Å². The Morgan fingerprint density at radius 3 is 2.64 bits per heavy atom. The van der Waals surface area contributed by atoms with Crippen molar-refractivity contribution in [2.75, 3.05) is 39.4 Å². The van der Waals surface area contributed by atoms with Crippen molar-refractivity contribution in [3.05, 3.63) is 36.2 Å². The number of morpholine rings is 1. The molecular formula is C15H21ClN4O2. The molecule has 1 fully saturated rings. The highest BCUT2D eigenvalue weighted by Gasteiger charge is 2.10. The lowest BCUT2D eigenvalue weighted by atomic mass is 10.2. The van der Waals surface area contributed by atoms with E-state index in [0.717, 1.165) is 45.0 Å². The van der Waals surface area contributed by atoms with E-state index in [2.05, 4.69) is 20.4 Å². The maximum Gasteiger partial charge on any atom is 0.247 e. The van der Waals surface area contributed by atoms with Crippen LogP contribution in [-0.4, -0.2) is 54.5 Å². The molecule has 2 heterocycles. The van der Waals surface area contributed by atoms with Gasteiger partial charge in [-0.2, -0.15) is 0 Å². The fourth-order valence-corrected chi connectivity index (χ4v) is 2.28. The molecule has 0 spiro atoms. The molecule has 7 heteroatoms. The molecule has 0 aliphatic carbocycles. The Kier molecular flexibility index (Phi) is 6.79.